The summed E-state index contributed by atoms with van der Waals surface area (Å²) in [5.74, 6) is 0. The Morgan fingerprint density at radius 2 is 2.17 bits per heavy atom. The Hall–Kier alpha value is 0.290. The number of hydrogen-bond donors (Lipinski definition) is 0. The van der Waals surface area contributed by atoms with Gasteiger partial charge in [-0.25, -0.2) is 0 Å². The molecule has 0 aromatic carbocycles. The molecule has 0 aromatic heterocycles. The highest BCUT2D eigenvalue weighted by molar-refractivity contribution is 6.21. The van der Waals surface area contributed by atoms with Crippen molar-refractivity contribution < 1.29 is 0 Å². The summed E-state index contributed by atoms with van der Waals surface area (Å²) in [6.07, 6.45) is 1.80. The van der Waals surface area contributed by atoms with Crippen molar-refractivity contribution in [1.82, 2.24) is 0 Å². The Labute approximate surface area is 44.5 Å². The highest BCUT2D eigenvalue weighted by atomic mass is 35.5. The fourth-order valence-electron chi connectivity index (χ4n) is 0.221. The summed E-state index contributed by atoms with van der Waals surface area (Å²) < 4.78 is 0. The highest BCUT2D eigenvalue weighted by Gasteiger charge is 1.88. The van der Waals surface area contributed by atoms with Gasteiger partial charge in [0, 0.05) is 5.38 Å². The van der Waals surface area contributed by atoms with E-state index in [-0.39, 0.29) is 5.38 Å². The predicted octanol–water partition coefficient (Wildman–Crippen LogP) is 2.04. The van der Waals surface area contributed by atoms with Crippen LogP contribution in [-0.2, 0) is 0 Å². The van der Waals surface area contributed by atoms with Gasteiger partial charge in [0.05, 0.1) is 0 Å². The number of rotatable bonds is 2. The maximum Gasteiger partial charge on any atom is 0.0336 e. The van der Waals surface area contributed by atoms with Crippen LogP contribution in [0.4, 0.5) is 0 Å². The van der Waals surface area contributed by atoms with Gasteiger partial charge >= 0.3 is 0 Å². The largest absolute Gasteiger partial charge is 0.123 e. The van der Waals surface area contributed by atoms with Crippen molar-refractivity contribution in [2.75, 3.05) is 0 Å². The zero-order valence-electron chi connectivity index (χ0n) is 3.78. The van der Waals surface area contributed by atoms with E-state index in [0.29, 0.717) is 0 Å². The second-order valence-electron chi connectivity index (χ2n) is 1.24. The second kappa shape index (κ2) is 3.48. The molecule has 0 aliphatic heterocycles. The van der Waals surface area contributed by atoms with Crippen LogP contribution in [0.3, 0.4) is 0 Å². The third-order valence-electron chi connectivity index (χ3n) is 0.517. The fourth-order valence-corrected chi connectivity index (χ4v) is 0.376. The lowest BCUT2D eigenvalue weighted by molar-refractivity contribution is 0.871. The second-order valence-corrected chi connectivity index (χ2v) is 1.86. The minimum atomic E-state index is 0.0579. The quantitative estimate of drug-likeness (QED) is 0.471. The van der Waals surface area contributed by atoms with Crippen molar-refractivity contribution in [3.05, 3.63) is 13.8 Å². The molecule has 6 heavy (non-hydrogen) atoms. The molecule has 0 saturated carbocycles. The molecule has 0 fully saturated rings. The van der Waals surface area contributed by atoms with Gasteiger partial charge in [0.15, 0.2) is 0 Å². The van der Waals surface area contributed by atoms with Crippen molar-refractivity contribution in [2.24, 2.45) is 0 Å². The molecule has 0 nitrogen and oxygen atoms in total. The molecule has 0 bridgehead atoms. The third kappa shape index (κ3) is 4.29. The van der Waals surface area contributed by atoms with Crippen LogP contribution in [0, 0.1) is 13.8 Å². The van der Waals surface area contributed by atoms with E-state index >= 15 is 0 Å². The predicted molar refractivity (Wildman–Crippen MR) is 29.6 cm³/mol. The third-order valence-corrected chi connectivity index (χ3v) is 0.736. The monoisotopic (exact) mass is 104 g/mol. The summed E-state index contributed by atoms with van der Waals surface area (Å²) in [6.45, 7) is 7.16. The first-order chi connectivity index (χ1) is 2.77. The van der Waals surface area contributed by atoms with E-state index in [1.54, 1.807) is 0 Å². The Balaban J connectivity index is 2.63. The molecule has 0 aliphatic carbocycles. The van der Waals surface area contributed by atoms with E-state index in [9.17, 15) is 0 Å². The van der Waals surface area contributed by atoms with E-state index in [0.717, 1.165) is 12.8 Å². The minimum absolute atomic E-state index is 0.0579. The van der Waals surface area contributed by atoms with Crippen LogP contribution in [0.25, 0.3) is 0 Å². The van der Waals surface area contributed by atoms with Gasteiger partial charge in [-0.3, -0.25) is 0 Å². The van der Waals surface area contributed by atoms with Gasteiger partial charge in [-0.2, -0.15) is 0 Å². The Kier molecular flexibility index (Phi) is 3.65. The molecule has 2 radical (unpaired) electrons. The fraction of sp³-hybridized carbons (Fsp3) is 0.600. The molecule has 1 atom stereocenters. The molecule has 0 N–H and O–H groups in total. The van der Waals surface area contributed by atoms with Gasteiger partial charge in [0.25, 0.3) is 0 Å². The molecule has 0 aliphatic rings. The van der Waals surface area contributed by atoms with Crippen molar-refractivity contribution in [3.8, 4) is 0 Å². The molecule has 0 saturated heterocycles. The van der Waals surface area contributed by atoms with Gasteiger partial charge in [0.2, 0.25) is 0 Å². The van der Waals surface area contributed by atoms with E-state index in [4.69, 9.17) is 11.6 Å². The number of hydrogen-bond acceptors (Lipinski definition) is 0. The molecule has 0 heterocycles. The summed E-state index contributed by atoms with van der Waals surface area (Å²) in [6, 6.07) is 0. The molecule has 0 rings (SSSR count). The normalized spacial score (nSPS) is 14.5. The Morgan fingerprint density at radius 3 is 2.17 bits per heavy atom. The summed E-state index contributed by atoms with van der Waals surface area (Å²) in [7, 11) is 0. The lowest BCUT2D eigenvalue weighted by Gasteiger charge is -1.92. The van der Waals surface area contributed by atoms with Gasteiger partial charge in [-0.1, -0.05) is 13.3 Å². The molecule has 0 amide bonds. The van der Waals surface area contributed by atoms with E-state index in [1.807, 2.05) is 0 Å². The first-order valence-electron chi connectivity index (χ1n) is 2.03. The molecule has 1 unspecified atom stereocenters. The number of halogens is 1. The maximum atomic E-state index is 5.43. The highest BCUT2D eigenvalue weighted by Crippen LogP contribution is 2.00. The van der Waals surface area contributed by atoms with Gasteiger partial charge in [0.1, 0.15) is 0 Å². The summed E-state index contributed by atoms with van der Waals surface area (Å²) >= 11 is 5.43. The first-order valence-corrected chi connectivity index (χ1v) is 2.47. The Morgan fingerprint density at radius 1 is 1.67 bits per heavy atom. The van der Waals surface area contributed by atoms with Crippen LogP contribution in [-0.4, -0.2) is 5.38 Å². The van der Waals surface area contributed by atoms with Crippen molar-refractivity contribution in [1.29, 1.82) is 0 Å². The standard InChI is InChI=1S/C5H9Cl/c1-3-4-5(2)6/h5H,1-4H2. The first kappa shape index (κ1) is 6.29. The van der Waals surface area contributed by atoms with Crippen molar-refractivity contribution >= 4 is 11.6 Å². The zero-order valence-corrected chi connectivity index (χ0v) is 4.54. The van der Waals surface area contributed by atoms with Crippen molar-refractivity contribution in [3.63, 3.8) is 0 Å². The van der Waals surface area contributed by atoms with Crippen LogP contribution in [0.1, 0.15) is 12.8 Å². The van der Waals surface area contributed by atoms with Crippen molar-refractivity contribution in [2.45, 2.75) is 18.2 Å². The van der Waals surface area contributed by atoms with E-state index < -0.39 is 0 Å². The van der Waals surface area contributed by atoms with Gasteiger partial charge in [-0.05, 0) is 13.3 Å². The van der Waals surface area contributed by atoms with Crippen LogP contribution in [0.15, 0.2) is 0 Å². The molecule has 36 valence electrons. The van der Waals surface area contributed by atoms with Crippen LogP contribution in [0.2, 0.25) is 0 Å². The van der Waals surface area contributed by atoms with Gasteiger partial charge < -0.3 is 0 Å². The summed E-state index contributed by atoms with van der Waals surface area (Å²) in [4.78, 5) is 0. The summed E-state index contributed by atoms with van der Waals surface area (Å²) in [5, 5.41) is 0.0579. The average Bonchev–Trinajstić information content (AvgIpc) is 1.35. The molecular formula is C5H9Cl. The van der Waals surface area contributed by atoms with Crippen LogP contribution < -0.4 is 0 Å². The zero-order chi connectivity index (χ0) is 4.99. The average molecular weight is 105 g/mol. The molecule has 0 aromatic rings. The van der Waals surface area contributed by atoms with E-state index in [2.05, 4.69) is 13.8 Å². The SMILES string of the molecule is [CH2]CCC([CH2])Cl. The van der Waals surface area contributed by atoms with E-state index in [1.165, 1.54) is 0 Å². The van der Waals surface area contributed by atoms with Crippen LogP contribution in [0.5, 0.6) is 0 Å². The maximum absolute atomic E-state index is 5.43. The Bertz CT molecular complexity index is 25.1. The van der Waals surface area contributed by atoms with Crippen LogP contribution >= 0.6 is 11.6 Å². The summed E-state index contributed by atoms with van der Waals surface area (Å²) in [5.41, 5.74) is 0. The number of alkyl halides is 1. The molecule has 1 heteroatoms. The molecule has 0 spiro atoms. The lowest BCUT2D eigenvalue weighted by Crippen LogP contribution is -1.86. The smallest absolute Gasteiger partial charge is 0.0336 e. The molecular weight excluding hydrogens is 95.5 g/mol. The topological polar surface area (TPSA) is 0 Å². The van der Waals surface area contributed by atoms with Gasteiger partial charge in [-0.15, -0.1) is 11.6 Å². The minimum Gasteiger partial charge on any atom is -0.123 e. The lowest BCUT2D eigenvalue weighted by atomic mass is 10.3.